The van der Waals surface area contributed by atoms with E-state index in [2.05, 4.69) is 4.74 Å². The van der Waals surface area contributed by atoms with Crippen LogP contribution in [0.2, 0.25) is 5.02 Å². The van der Waals surface area contributed by atoms with E-state index < -0.39 is 16.0 Å². The summed E-state index contributed by atoms with van der Waals surface area (Å²) in [6.07, 6.45) is 0.858. The second kappa shape index (κ2) is 8.05. The van der Waals surface area contributed by atoms with Crippen molar-refractivity contribution in [3.05, 3.63) is 57.5 Å². The third kappa shape index (κ3) is 3.84. The number of piperidine rings is 1. The quantitative estimate of drug-likeness (QED) is 0.643. The van der Waals surface area contributed by atoms with Crippen LogP contribution >= 0.6 is 11.6 Å². The molecule has 4 rings (SSSR count). The van der Waals surface area contributed by atoms with Crippen molar-refractivity contribution in [2.45, 2.75) is 23.8 Å². The SMILES string of the molecule is COC(=O)COc1ccc(S(=O)(=O)N2CC3CC(C2)c2cccc(=O)n2C3)cc1Cl. The first-order valence-corrected chi connectivity index (χ1v) is 11.3. The molecule has 10 heteroatoms. The monoisotopic (exact) mass is 452 g/mol. The lowest BCUT2D eigenvalue weighted by Crippen LogP contribution is -2.49. The number of pyridine rings is 1. The highest BCUT2D eigenvalue weighted by molar-refractivity contribution is 7.89. The van der Waals surface area contributed by atoms with E-state index in [1.54, 1.807) is 10.6 Å². The first-order chi connectivity index (χ1) is 14.3. The Hall–Kier alpha value is -2.36. The molecule has 8 nitrogen and oxygen atoms in total. The summed E-state index contributed by atoms with van der Waals surface area (Å²) in [5.74, 6) is -0.324. The molecule has 1 saturated heterocycles. The van der Waals surface area contributed by atoms with Gasteiger partial charge in [-0.15, -0.1) is 0 Å². The molecule has 0 radical (unpaired) electrons. The van der Waals surface area contributed by atoms with E-state index in [9.17, 15) is 18.0 Å². The molecule has 1 aromatic heterocycles. The Kier molecular flexibility index (Phi) is 5.61. The normalized spacial score (nSPS) is 21.0. The number of methoxy groups -OCH3 is 1. The number of carbonyl (C=O) groups is 1. The molecule has 160 valence electrons. The summed E-state index contributed by atoms with van der Waals surface area (Å²) in [4.78, 5) is 23.4. The van der Waals surface area contributed by atoms with Gasteiger partial charge in [0.25, 0.3) is 5.56 Å². The topological polar surface area (TPSA) is 94.9 Å². The van der Waals surface area contributed by atoms with Gasteiger partial charge in [0, 0.05) is 37.3 Å². The Morgan fingerprint density at radius 2 is 2.00 bits per heavy atom. The summed E-state index contributed by atoms with van der Waals surface area (Å²) in [6.45, 7) is 0.841. The fourth-order valence-electron chi connectivity index (χ4n) is 4.15. The molecule has 2 aromatic rings. The number of rotatable bonds is 5. The smallest absolute Gasteiger partial charge is 0.343 e. The number of esters is 1. The Labute approximate surface area is 179 Å². The molecule has 30 heavy (non-hydrogen) atoms. The van der Waals surface area contributed by atoms with E-state index >= 15 is 0 Å². The number of benzene rings is 1. The van der Waals surface area contributed by atoms with E-state index in [1.165, 1.54) is 35.7 Å². The number of carbonyl (C=O) groups excluding carboxylic acids is 1. The number of hydrogen-bond acceptors (Lipinski definition) is 6. The summed E-state index contributed by atoms with van der Waals surface area (Å²) in [7, 11) is -2.54. The van der Waals surface area contributed by atoms with Crippen LogP contribution in [0.4, 0.5) is 0 Å². The molecular formula is C20H21ClN2O6S. The maximum Gasteiger partial charge on any atom is 0.343 e. The third-order valence-electron chi connectivity index (χ3n) is 5.56. The molecule has 0 N–H and O–H groups in total. The third-order valence-corrected chi connectivity index (χ3v) is 7.68. The van der Waals surface area contributed by atoms with Crippen LogP contribution in [0, 0.1) is 5.92 Å². The molecular weight excluding hydrogens is 432 g/mol. The molecule has 1 aromatic carbocycles. The van der Waals surface area contributed by atoms with Crippen LogP contribution in [-0.2, 0) is 26.1 Å². The molecule has 0 amide bonds. The molecule has 0 spiro atoms. The molecule has 2 bridgehead atoms. The van der Waals surface area contributed by atoms with Gasteiger partial charge < -0.3 is 14.0 Å². The molecule has 1 fully saturated rings. The van der Waals surface area contributed by atoms with Crippen LogP contribution in [0.15, 0.2) is 46.1 Å². The predicted molar refractivity (Wildman–Crippen MR) is 109 cm³/mol. The number of ether oxygens (including phenoxy) is 2. The Balaban J connectivity index is 1.57. The van der Waals surface area contributed by atoms with E-state index in [4.69, 9.17) is 16.3 Å². The Morgan fingerprint density at radius 1 is 1.20 bits per heavy atom. The van der Waals surface area contributed by atoms with Crippen molar-refractivity contribution in [3.63, 3.8) is 0 Å². The van der Waals surface area contributed by atoms with E-state index in [0.717, 1.165) is 12.1 Å². The van der Waals surface area contributed by atoms with Gasteiger partial charge in [0.15, 0.2) is 6.61 Å². The minimum Gasteiger partial charge on any atom is -0.480 e. The highest BCUT2D eigenvalue weighted by Crippen LogP contribution is 2.38. The molecule has 2 aliphatic heterocycles. The first-order valence-electron chi connectivity index (χ1n) is 9.48. The number of sulfonamides is 1. The largest absolute Gasteiger partial charge is 0.480 e. The zero-order valence-corrected chi connectivity index (χ0v) is 17.9. The molecule has 0 saturated carbocycles. The fourth-order valence-corrected chi connectivity index (χ4v) is 6.04. The fraction of sp³-hybridized carbons (Fsp3) is 0.400. The molecule has 2 unspecified atom stereocenters. The second-order valence-corrected chi connectivity index (χ2v) is 9.82. The minimum atomic E-state index is -3.78. The summed E-state index contributed by atoms with van der Waals surface area (Å²) >= 11 is 6.18. The van der Waals surface area contributed by atoms with Crippen LogP contribution in [0.25, 0.3) is 0 Å². The summed E-state index contributed by atoms with van der Waals surface area (Å²) < 4.78 is 39.5. The molecule has 2 atom stereocenters. The Morgan fingerprint density at radius 3 is 2.73 bits per heavy atom. The highest BCUT2D eigenvalue weighted by atomic mass is 35.5. The van der Waals surface area contributed by atoms with Gasteiger partial charge in [0.05, 0.1) is 17.0 Å². The van der Waals surface area contributed by atoms with Crippen molar-refractivity contribution >= 4 is 27.6 Å². The van der Waals surface area contributed by atoms with Gasteiger partial charge in [-0.3, -0.25) is 4.79 Å². The van der Waals surface area contributed by atoms with E-state index in [0.29, 0.717) is 19.6 Å². The molecule has 0 aliphatic carbocycles. The highest BCUT2D eigenvalue weighted by Gasteiger charge is 2.39. The second-order valence-electron chi connectivity index (χ2n) is 7.48. The lowest BCUT2D eigenvalue weighted by atomic mass is 9.84. The van der Waals surface area contributed by atoms with Crippen molar-refractivity contribution in [3.8, 4) is 5.75 Å². The lowest BCUT2D eigenvalue weighted by Gasteiger charge is -2.42. The van der Waals surface area contributed by atoms with Gasteiger partial charge in [0.1, 0.15) is 5.75 Å². The summed E-state index contributed by atoms with van der Waals surface area (Å²) in [6, 6.07) is 9.31. The van der Waals surface area contributed by atoms with Gasteiger partial charge in [-0.05, 0) is 36.6 Å². The van der Waals surface area contributed by atoms with Crippen LogP contribution in [0.1, 0.15) is 18.0 Å². The lowest BCUT2D eigenvalue weighted by molar-refractivity contribution is -0.142. The van der Waals surface area contributed by atoms with Crippen molar-refractivity contribution < 1.29 is 22.7 Å². The number of nitrogens with zero attached hydrogens (tertiary/aromatic N) is 2. The van der Waals surface area contributed by atoms with Crippen molar-refractivity contribution in [1.82, 2.24) is 8.87 Å². The number of halogens is 1. The van der Waals surface area contributed by atoms with Gasteiger partial charge >= 0.3 is 5.97 Å². The number of hydrogen-bond donors (Lipinski definition) is 0. The van der Waals surface area contributed by atoms with Gasteiger partial charge in [-0.1, -0.05) is 17.7 Å². The predicted octanol–water partition coefficient (Wildman–Crippen LogP) is 1.86. The maximum absolute atomic E-state index is 13.3. The first kappa shape index (κ1) is 20.9. The minimum absolute atomic E-state index is 0.0284. The van der Waals surface area contributed by atoms with E-state index in [1.807, 2.05) is 6.07 Å². The molecule has 3 heterocycles. The van der Waals surface area contributed by atoms with E-state index in [-0.39, 0.29) is 39.7 Å². The standard InChI is InChI=1S/C20H21ClN2O6S/c1-28-20(25)12-29-18-6-5-15(8-16(18)21)30(26,27)22-9-13-7-14(11-22)17-3-2-4-19(24)23(17)10-13/h2-6,8,13-14H,7,9-12H2,1H3. The molecule has 2 aliphatic rings. The van der Waals surface area contributed by atoms with Crippen LogP contribution in [-0.4, -0.2) is 50.1 Å². The van der Waals surface area contributed by atoms with Crippen molar-refractivity contribution in [1.29, 1.82) is 0 Å². The summed E-state index contributed by atoms with van der Waals surface area (Å²) in [5, 5.41) is 0.0917. The zero-order chi connectivity index (χ0) is 21.5. The van der Waals surface area contributed by atoms with Crippen molar-refractivity contribution in [2.75, 3.05) is 26.8 Å². The average molecular weight is 453 g/mol. The van der Waals surface area contributed by atoms with Crippen LogP contribution < -0.4 is 10.3 Å². The average Bonchev–Trinajstić information content (AvgIpc) is 2.73. The number of aromatic nitrogens is 1. The zero-order valence-electron chi connectivity index (χ0n) is 16.3. The van der Waals surface area contributed by atoms with Crippen LogP contribution in [0.3, 0.4) is 0 Å². The van der Waals surface area contributed by atoms with Gasteiger partial charge in [0.2, 0.25) is 10.0 Å². The number of fused-ring (bicyclic) bond motifs is 4. The van der Waals surface area contributed by atoms with Crippen molar-refractivity contribution in [2.24, 2.45) is 5.92 Å². The van der Waals surface area contributed by atoms with Gasteiger partial charge in [-0.2, -0.15) is 4.31 Å². The van der Waals surface area contributed by atoms with Crippen LogP contribution in [0.5, 0.6) is 5.75 Å². The Bertz CT molecular complexity index is 1150. The van der Waals surface area contributed by atoms with Gasteiger partial charge in [-0.25, -0.2) is 13.2 Å². The summed E-state index contributed by atoms with van der Waals surface area (Å²) in [5.41, 5.74) is 0.830. The maximum atomic E-state index is 13.3.